The van der Waals surface area contributed by atoms with E-state index in [4.69, 9.17) is 15.9 Å². The Morgan fingerprint density at radius 1 is 1.32 bits per heavy atom. The number of quaternary nitrogens is 1. The van der Waals surface area contributed by atoms with E-state index in [1.807, 2.05) is 12.1 Å². The zero-order valence-corrected chi connectivity index (χ0v) is 11.5. The van der Waals surface area contributed by atoms with Crippen LogP contribution in [0.2, 0.25) is 0 Å². The predicted molar refractivity (Wildman–Crippen MR) is 75.2 cm³/mol. The summed E-state index contributed by atoms with van der Waals surface area (Å²) in [6.45, 7) is 1.26. The number of hydrogen-bond acceptors (Lipinski definition) is 2. The molecular formula is C16H22NO2+. The Labute approximate surface area is 115 Å². The Kier molecular flexibility index (Phi) is 5.11. The molecule has 0 radical (unpaired) electrons. The molecule has 0 spiro atoms. The summed E-state index contributed by atoms with van der Waals surface area (Å²) in [7, 11) is 1.66. The standard InChI is InChI=1S/C16H21NO2/c1-3-10-19-15-9-8-13(11-16(15)18-2)12-17-14-6-4-5-7-14/h1,8-9,11,14,17H,4-7,10,12H2,2H3/p+1. The molecule has 2 N–H and O–H groups in total. The second-order valence-electron chi connectivity index (χ2n) is 4.96. The molecule has 19 heavy (non-hydrogen) atoms. The maximum absolute atomic E-state index is 5.44. The van der Waals surface area contributed by atoms with Crippen molar-refractivity contribution >= 4 is 0 Å². The molecule has 0 aliphatic heterocycles. The van der Waals surface area contributed by atoms with Gasteiger partial charge in [-0.05, 0) is 43.9 Å². The van der Waals surface area contributed by atoms with Gasteiger partial charge >= 0.3 is 0 Å². The average molecular weight is 260 g/mol. The lowest BCUT2D eigenvalue weighted by Crippen LogP contribution is -2.87. The molecule has 1 fully saturated rings. The van der Waals surface area contributed by atoms with Gasteiger partial charge in [-0.1, -0.05) is 5.92 Å². The fourth-order valence-corrected chi connectivity index (χ4v) is 2.57. The molecule has 102 valence electrons. The van der Waals surface area contributed by atoms with Crippen LogP contribution < -0.4 is 14.8 Å². The summed E-state index contributed by atoms with van der Waals surface area (Å²) in [5.41, 5.74) is 1.26. The molecule has 1 aromatic carbocycles. The van der Waals surface area contributed by atoms with Crippen LogP contribution in [0.4, 0.5) is 0 Å². The molecule has 0 saturated heterocycles. The molecule has 0 atom stereocenters. The highest BCUT2D eigenvalue weighted by Crippen LogP contribution is 2.27. The van der Waals surface area contributed by atoms with E-state index in [-0.39, 0.29) is 6.61 Å². The molecule has 3 heteroatoms. The quantitative estimate of drug-likeness (QED) is 0.790. The van der Waals surface area contributed by atoms with Gasteiger partial charge in [0.2, 0.25) is 0 Å². The van der Waals surface area contributed by atoms with Gasteiger partial charge in [0.25, 0.3) is 0 Å². The van der Waals surface area contributed by atoms with E-state index in [2.05, 4.69) is 17.3 Å². The molecule has 1 aliphatic rings. The number of benzene rings is 1. The van der Waals surface area contributed by atoms with Crippen molar-refractivity contribution in [3.05, 3.63) is 23.8 Å². The first-order valence-corrected chi connectivity index (χ1v) is 6.90. The number of nitrogens with two attached hydrogens (primary N) is 1. The molecule has 0 heterocycles. The number of rotatable bonds is 6. The third kappa shape index (κ3) is 3.90. The SMILES string of the molecule is C#CCOc1ccc(C[NH2+]C2CCCC2)cc1OC. The Hall–Kier alpha value is -1.66. The smallest absolute Gasteiger partial charge is 0.162 e. The van der Waals surface area contributed by atoms with Crippen molar-refractivity contribution in [2.75, 3.05) is 13.7 Å². The van der Waals surface area contributed by atoms with Gasteiger partial charge in [0.05, 0.1) is 13.2 Å². The van der Waals surface area contributed by atoms with Gasteiger partial charge in [0, 0.05) is 5.56 Å². The van der Waals surface area contributed by atoms with Crippen molar-refractivity contribution in [3.8, 4) is 23.8 Å². The Morgan fingerprint density at radius 3 is 2.79 bits per heavy atom. The van der Waals surface area contributed by atoms with E-state index >= 15 is 0 Å². The van der Waals surface area contributed by atoms with Gasteiger partial charge in [0.1, 0.15) is 13.2 Å². The van der Waals surface area contributed by atoms with Gasteiger partial charge in [-0.2, -0.15) is 0 Å². The minimum absolute atomic E-state index is 0.268. The van der Waals surface area contributed by atoms with Crippen LogP contribution in [0, 0.1) is 12.3 Å². The number of ether oxygens (including phenoxy) is 2. The molecule has 1 saturated carbocycles. The van der Waals surface area contributed by atoms with E-state index in [1.54, 1.807) is 7.11 Å². The summed E-state index contributed by atoms with van der Waals surface area (Å²) < 4.78 is 10.8. The fraction of sp³-hybridized carbons (Fsp3) is 0.500. The summed E-state index contributed by atoms with van der Waals surface area (Å²) in [5, 5.41) is 2.43. The van der Waals surface area contributed by atoms with Crippen molar-refractivity contribution in [2.45, 2.75) is 38.3 Å². The molecule has 0 amide bonds. The highest BCUT2D eigenvalue weighted by Gasteiger charge is 2.17. The van der Waals surface area contributed by atoms with Crippen LogP contribution in [0.15, 0.2) is 18.2 Å². The van der Waals surface area contributed by atoms with E-state index in [0.29, 0.717) is 5.75 Å². The van der Waals surface area contributed by atoms with Crippen molar-refractivity contribution < 1.29 is 14.8 Å². The highest BCUT2D eigenvalue weighted by molar-refractivity contribution is 5.42. The third-order valence-corrected chi connectivity index (χ3v) is 3.63. The molecule has 0 aromatic heterocycles. The maximum atomic E-state index is 5.44. The highest BCUT2D eigenvalue weighted by atomic mass is 16.5. The Morgan fingerprint density at radius 2 is 2.11 bits per heavy atom. The second kappa shape index (κ2) is 7.06. The van der Waals surface area contributed by atoms with Crippen LogP contribution in [0.25, 0.3) is 0 Å². The Balaban J connectivity index is 1.95. The zero-order valence-electron chi connectivity index (χ0n) is 11.5. The van der Waals surface area contributed by atoms with Gasteiger partial charge in [-0.25, -0.2) is 0 Å². The maximum Gasteiger partial charge on any atom is 0.162 e. The van der Waals surface area contributed by atoms with E-state index in [0.717, 1.165) is 18.3 Å². The molecule has 1 aliphatic carbocycles. The van der Waals surface area contributed by atoms with Gasteiger partial charge in [-0.15, -0.1) is 6.42 Å². The molecule has 3 nitrogen and oxygen atoms in total. The Bertz CT molecular complexity index is 445. The lowest BCUT2D eigenvalue weighted by atomic mass is 10.1. The number of hydrogen-bond donors (Lipinski definition) is 1. The fourth-order valence-electron chi connectivity index (χ4n) is 2.57. The largest absolute Gasteiger partial charge is 0.493 e. The predicted octanol–water partition coefficient (Wildman–Crippen LogP) is 1.71. The van der Waals surface area contributed by atoms with Crippen LogP contribution in [0.5, 0.6) is 11.5 Å². The zero-order chi connectivity index (χ0) is 13.5. The van der Waals surface area contributed by atoms with Crippen LogP contribution in [0.1, 0.15) is 31.2 Å². The normalized spacial score (nSPS) is 15.2. The van der Waals surface area contributed by atoms with Gasteiger partial charge < -0.3 is 14.8 Å². The van der Waals surface area contributed by atoms with E-state index < -0.39 is 0 Å². The summed E-state index contributed by atoms with van der Waals surface area (Å²) in [4.78, 5) is 0. The van der Waals surface area contributed by atoms with Crippen LogP contribution in [0.3, 0.4) is 0 Å². The first-order valence-electron chi connectivity index (χ1n) is 6.90. The number of methoxy groups -OCH3 is 1. The average Bonchev–Trinajstić information content (AvgIpc) is 2.96. The molecular weight excluding hydrogens is 238 g/mol. The second-order valence-corrected chi connectivity index (χ2v) is 4.96. The minimum atomic E-state index is 0.268. The van der Waals surface area contributed by atoms with Crippen molar-refractivity contribution in [3.63, 3.8) is 0 Å². The molecule has 1 aromatic rings. The first kappa shape index (κ1) is 13.8. The first-order chi connectivity index (χ1) is 9.33. The van der Waals surface area contributed by atoms with Crippen LogP contribution >= 0.6 is 0 Å². The van der Waals surface area contributed by atoms with Crippen molar-refractivity contribution in [1.29, 1.82) is 0 Å². The van der Waals surface area contributed by atoms with Crippen molar-refractivity contribution in [2.24, 2.45) is 0 Å². The van der Waals surface area contributed by atoms with E-state index in [9.17, 15) is 0 Å². The summed E-state index contributed by atoms with van der Waals surface area (Å²) in [6.07, 6.45) is 10.6. The lowest BCUT2D eigenvalue weighted by molar-refractivity contribution is -0.703. The van der Waals surface area contributed by atoms with E-state index in [1.165, 1.54) is 31.2 Å². The van der Waals surface area contributed by atoms with Gasteiger partial charge in [0.15, 0.2) is 11.5 Å². The van der Waals surface area contributed by atoms with Crippen LogP contribution in [-0.2, 0) is 6.54 Å². The van der Waals surface area contributed by atoms with Crippen LogP contribution in [-0.4, -0.2) is 19.8 Å². The summed E-state index contributed by atoms with van der Waals surface area (Å²) >= 11 is 0. The summed E-state index contributed by atoms with van der Waals surface area (Å²) in [5.74, 6) is 3.93. The van der Waals surface area contributed by atoms with Gasteiger partial charge in [-0.3, -0.25) is 0 Å². The summed E-state index contributed by atoms with van der Waals surface area (Å²) in [6, 6.07) is 6.86. The molecule has 0 bridgehead atoms. The van der Waals surface area contributed by atoms with Crippen molar-refractivity contribution in [1.82, 2.24) is 0 Å². The topological polar surface area (TPSA) is 35.1 Å². The third-order valence-electron chi connectivity index (χ3n) is 3.63. The molecule has 2 rings (SSSR count). The minimum Gasteiger partial charge on any atom is -0.493 e. The lowest BCUT2D eigenvalue weighted by Gasteiger charge is -2.12. The monoisotopic (exact) mass is 260 g/mol. The number of terminal acetylenes is 1. The molecule has 0 unspecified atom stereocenters.